The number of anilines is 1. The number of nitrogens with one attached hydrogen (secondary N) is 1. The fraction of sp³-hybridized carbons (Fsp3) is 0.318. The average molecular weight is 414 g/mol. The van der Waals surface area contributed by atoms with Crippen LogP contribution in [0, 0.1) is 5.92 Å². The molecule has 2 aliphatic rings. The van der Waals surface area contributed by atoms with Crippen molar-refractivity contribution in [2.45, 2.75) is 19.0 Å². The quantitative estimate of drug-likeness (QED) is 0.589. The zero-order valence-corrected chi connectivity index (χ0v) is 17.1. The second kappa shape index (κ2) is 11.8. The van der Waals surface area contributed by atoms with Crippen molar-refractivity contribution in [2.24, 2.45) is 28.1 Å². The van der Waals surface area contributed by atoms with E-state index >= 15 is 0 Å². The predicted octanol–water partition coefficient (Wildman–Crippen LogP) is 1.48. The van der Waals surface area contributed by atoms with Crippen molar-refractivity contribution in [3.63, 3.8) is 0 Å². The first-order valence-electron chi connectivity index (χ1n) is 9.80. The Morgan fingerprint density at radius 2 is 1.67 bits per heavy atom. The van der Waals surface area contributed by atoms with Crippen molar-refractivity contribution in [3.8, 4) is 0 Å². The Bertz CT molecular complexity index is 870. The van der Waals surface area contributed by atoms with Crippen molar-refractivity contribution in [2.75, 3.05) is 25.6 Å². The van der Waals surface area contributed by atoms with Crippen LogP contribution in [0.4, 0.5) is 5.69 Å². The summed E-state index contributed by atoms with van der Waals surface area (Å²) in [7, 11) is 1.50. The van der Waals surface area contributed by atoms with Crippen LogP contribution in [0.3, 0.4) is 0 Å². The average Bonchev–Trinajstić information content (AvgIpc) is 2.93. The van der Waals surface area contributed by atoms with Gasteiger partial charge < -0.3 is 27.3 Å². The highest BCUT2D eigenvalue weighted by molar-refractivity contribution is 6.19. The van der Waals surface area contributed by atoms with E-state index in [4.69, 9.17) is 16.2 Å². The summed E-state index contributed by atoms with van der Waals surface area (Å²) in [5.41, 5.74) is 18.7. The molecular weight excluding hydrogens is 382 g/mol. The lowest BCUT2D eigenvalue weighted by Crippen LogP contribution is -2.33. The number of amides is 2. The summed E-state index contributed by atoms with van der Waals surface area (Å²) in [6, 6.07) is 17.3. The minimum atomic E-state index is -0.886. The molecule has 0 bridgehead atoms. The van der Waals surface area contributed by atoms with Gasteiger partial charge in [-0.2, -0.15) is 0 Å². The SMILES string of the molecule is CN.NC(=O)C1CCOCC1.NC1N=C(c2ccccc2)c2ccccc2NC1=O.[HH]. The van der Waals surface area contributed by atoms with Crippen molar-refractivity contribution in [1.29, 1.82) is 0 Å². The molecule has 162 valence electrons. The van der Waals surface area contributed by atoms with E-state index in [0.717, 1.165) is 35.4 Å². The van der Waals surface area contributed by atoms with Crippen LogP contribution in [0.15, 0.2) is 59.6 Å². The van der Waals surface area contributed by atoms with E-state index in [1.807, 2.05) is 54.6 Å². The largest absolute Gasteiger partial charge is 0.381 e. The van der Waals surface area contributed by atoms with Crippen LogP contribution in [-0.4, -0.2) is 44.0 Å². The first-order chi connectivity index (χ1) is 14.6. The van der Waals surface area contributed by atoms with Gasteiger partial charge in [-0.3, -0.25) is 14.6 Å². The standard InChI is InChI=1S/C15H13N3O.C6H11NO2.CH5N.H2/c16-14-15(19)17-12-9-5-4-8-11(12)13(18-14)10-6-2-1-3-7-10;7-6(8)5-1-3-9-4-2-5;1-2;/h1-9,14H,16H2,(H,17,19);5H,1-4H2,(H2,7,8);2H2,1H3;1H. The van der Waals surface area contributed by atoms with Crippen LogP contribution in [0.5, 0.6) is 0 Å². The van der Waals surface area contributed by atoms with E-state index in [2.05, 4.69) is 16.0 Å². The molecule has 2 aliphatic heterocycles. The van der Waals surface area contributed by atoms with Crippen LogP contribution in [0.25, 0.3) is 0 Å². The number of benzene rings is 2. The second-order valence-corrected chi connectivity index (χ2v) is 6.61. The van der Waals surface area contributed by atoms with Gasteiger partial charge in [0.15, 0.2) is 6.17 Å². The molecule has 1 atom stereocenters. The summed E-state index contributed by atoms with van der Waals surface area (Å²) in [4.78, 5) is 26.7. The second-order valence-electron chi connectivity index (χ2n) is 6.61. The molecule has 0 aromatic heterocycles. The zero-order valence-electron chi connectivity index (χ0n) is 17.1. The molecule has 2 aromatic rings. The lowest BCUT2D eigenvalue weighted by molar-refractivity contribution is -0.124. The summed E-state index contributed by atoms with van der Waals surface area (Å²) in [6.07, 6.45) is 0.715. The lowest BCUT2D eigenvalue weighted by atomic mass is 10.0. The first kappa shape index (κ1) is 23.2. The van der Waals surface area contributed by atoms with Gasteiger partial charge in [-0.1, -0.05) is 48.5 Å². The Hall–Kier alpha value is -3.07. The molecule has 0 aliphatic carbocycles. The van der Waals surface area contributed by atoms with E-state index in [1.165, 1.54) is 7.05 Å². The smallest absolute Gasteiger partial charge is 0.263 e. The van der Waals surface area contributed by atoms with E-state index in [-0.39, 0.29) is 19.2 Å². The molecule has 8 nitrogen and oxygen atoms in total. The molecule has 30 heavy (non-hydrogen) atoms. The topological polar surface area (TPSA) is 146 Å². The Morgan fingerprint density at radius 1 is 1.07 bits per heavy atom. The number of fused-ring (bicyclic) bond motifs is 1. The molecule has 0 saturated carbocycles. The van der Waals surface area contributed by atoms with Crippen LogP contribution in [0.1, 0.15) is 25.4 Å². The molecule has 1 fully saturated rings. The normalized spacial score (nSPS) is 18.2. The number of benzodiazepines with no additional fused rings is 1. The van der Waals surface area contributed by atoms with Gasteiger partial charge in [-0.05, 0) is 26.0 Å². The molecule has 0 spiro atoms. The van der Waals surface area contributed by atoms with Gasteiger partial charge in [-0.15, -0.1) is 0 Å². The van der Waals surface area contributed by atoms with Crippen LogP contribution in [-0.2, 0) is 14.3 Å². The highest BCUT2D eigenvalue weighted by Gasteiger charge is 2.22. The third-order valence-corrected chi connectivity index (χ3v) is 4.65. The molecule has 7 N–H and O–H groups in total. The molecule has 2 amide bonds. The third kappa shape index (κ3) is 6.21. The van der Waals surface area contributed by atoms with E-state index in [1.54, 1.807) is 0 Å². The molecule has 0 radical (unpaired) electrons. The van der Waals surface area contributed by atoms with Crippen molar-refractivity contribution in [1.82, 2.24) is 0 Å². The van der Waals surface area contributed by atoms with Crippen molar-refractivity contribution < 1.29 is 15.8 Å². The van der Waals surface area contributed by atoms with E-state index in [9.17, 15) is 9.59 Å². The van der Waals surface area contributed by atoms with Gasteiger partial charge in [0.05, 0.1) is 11.4 Å². The van der Waals surface area contributed by atoms with Gasteiger partial charge in [0.2, 0.25) is 5.91 Å². The minimum absolute atomic E-state index is 0. The summed E-state index contributed by atoms with van der Waals surface area (Å²) in [5.74, 6) is -0.407. The maximum Gasteiger partial charge on any atom is 0.263 e. The van der Waals surface area contributed by atoms with Crippen molar-refractivity contribution >= 4 is 23.2 Å². The number of hydrogen-bond donors (Lipinski definition) is 4. The van der Waals surface area contributed by atoms with E-state index < -0.39 is 6.17 Å². The number of primary amides is 1. The summed E-state index contributed by atoms with van der Waals surface area (Å²) in [6.45, 7) is 1.38. The number of hydrogen-bond acceptors (Lipinski definition) is 6. The highest BCUT2D eigenvalue weighted by atomic mass is 16.5. The van der Waals surface area contributed by atoms with Crippen LogP contribution >= 0.6 is 0 Å². The first-order valence-corrected chi connectivity index (χ1v) is 9.80. The van der Waals surface area contributed by atoms with Gasteiger partial charge in [0.25, 0.3) is 5.91 Å². The third-order valence-electron chi connectivity index (χ3n) is 4.65. The number of carbonyl (C=O) groups is 2. The Kier molecular flexibility index (Phi) is 9.14. The number of nitrogens with two attached hydrogens (primary N) is 3. The van der Waals surface area contributed by atoms with Crippen LogP contribution in [0.2, 0.25) is 0 Å². The number of nitrogens with zero attached hydrogens (tertiary/aromatic N) is 1. The molecule has 2 heterocycles. The summed E-state index contributed by atoms with van der Waals surface area (Å²) < 4.78 is 5.04. The highest BCUT2D eigenvalue weighted by Crippen LogP contribution is 2.23. The monoisotopic (exact) mass is 413 g/mol. The number of para-hydroxylation sites is 1. The number of rotatable bonds is 2. The Labute approximate surface area is 178 Å². The maximum absolute atomic E-state index is 11.8. The Morgan fingerprint density at radius 3 is 2.27 bits per heavy atom. The molecule has 4 rings (SSSR count). The fourth-order valence-electron chi connectivity index (χ4n) is 3.08. The van der Waals surface area contributed by atoms with Gasteiger partial charge in [0.1, 0.15) is 0 Å². The zero-order chi connectivity index (χ0) is 21.9. The van der Waals surface area contributed by atoms with Gasteiger partial charge in [-0.25, -0.2) is 0 Å². The molecule has 1 unspecified atom stereocenters. The van der Waals surface area contributed by atoms with Gasteiger partial charge >= 0.3 is 0 Å². The molecule has 2 aromatic carbocycles. The molecule has 8 heteroatoms. The van der Waals surface area contributed by atoms with Crippen molar-refractivity contribution in [3.05, 3.63) is 65.7 Å². The maximum atomic E-state index is 11.8. The summed E-state index contributed by atoms with van der Waals surface area (Å²) >= 11 is 0. The van der Waals surface area contributed by atoms with E-state index in [0.29, 0.717) is 13.2 Å². The molecular formula is C22H31N5O3. The lowest BCUT2D eigenvalue weighted by Gasteiger charge is -2.18. The number of carbonyl (C=O) groups excluding carboxylic acids is 2. The summed E-state index contributed by atoms with van der Waals surface area (Å²) in [5, 5.41) is 2.79. The predicted molar refractivity (Wildman–Crippen MR) is 120 cm³/mol. The Balaban J connectivity index is 0.000000340. The number of ether oxygens (including phenoxy) is 1. The fourth-order valence-corrected chi connectivity index (χ4v) is 3.08. The van der Waals surface area contributed by atoms with Crippen LogP contribution < -0.4 is 22.5 Å². The minimum Gasteiger partial charge on any atom is -0.381 e. The molecule has 1 saturated heterocycles. The van der Waals surface area contributed by atoms with Gasteiger partial charge in [0, 0.05) is 31.7 Å². The number of aliphatic imine (C=N–C) groups is 1.